The monoisotopic (exact) mass is 751 g/mol. The van der Waals surface area contributed by atoms with Gasteiger partial charge in [0, 0.05) is 38.8 Å². The van der Waals surface area contributed by atoms with Crippen molar-refractivity contribution in [1.29, 1.82) is 0 Å². The smallest absolute Gasteiger partial charge is 0.472 e. The summed E-state index contributed by atoms with van der Waals surface area (Å²) in [7, 11) is -1.79. The summed E-state index contributed by atoms with van der Waals surface area (Å²) in [5.41, 5.74) is 0. The molecule has 0 aliphatic carbocycles. The third kappa shape index (κ3) is 42.7. The number of aliphatic carboxylic acids is 2. The Morgan fingerprint density at radius 1 is 0.627 bits per heavy atom. The Morgan fingerprint density at radius 3 is 1.33 bits per heavy atom. The molecule has 306 valence electrons. The minimum absolute atomic E-state index is 0.316. The van der Waals surface area contributed by atoms with E-state index >= 15 is 0 Å². The first-order valence-corrected chi connectivity index (χ1v) is 22.0. The van der Waals surface area contributed by atoms with Crippen molar-refractivity contribution >= 4 is 19.8 Å². The van der Waals surface area contributed by atoms with E-state index in [0.717, 1.165) is 83.7 Å². The maximum Gasteiger partial charge on any atom is 0.472 e. The molecule has 1 aliphatic heterocycles. The molecule has 0 bridgehead atoms. The van der Waals surface area contributed by atoms with Crippen LogP contribution in [0.15, 0.2) is 12.4 Å². The molecular weight excluding hydrogens is 667 g/mol. The Balaban J connectivity index is -0.000000648. The number of phosphoric acid groups is 1. The van der Waals surface area contributed by atoms with Gasteiger partial charge in [0.1, 0.15) is 0 Å². The van der Waals surface area contributed by atoms with Crippen molar-refractivity contribution in [2.75, 3.05) is 33.5 Å². The van der Waals surface area contributed by atoms with Gasteiger partial charge in [-0.15, -0.1) is 0 Å². The van der Waals surface area contributed by atoms with Gasteiger partial charge in [-0.05, 0) is 43.9 Å². The summed E-state index contributed by atoms with van der Waals surface area (Å²) in [6, 6.07) is 0. The van der Waals surface area contributed by atoms with Crippen LogP contribution in [0.1, 0.15) is 190 Å². The van der Waals surface area contributed by atoms with Crippen LogP contribution in [0.2, 0.25) is 0 Å². The van der Waals surface area contributed by atoms with Gasteiger partial charge in [0.2, 0.25) is 0 Å². The first-order chi connectivity index (χ1) is 24.4. The lowest BCUT2D eigenvalue weighted by Gasteiger charge is -2.20. The predicted octanol–water partition coefficient (Wildman–Crippen LogP) is 11.9. The summed E-state index contributed by atoms with van der Waals surface area (Å²) >= 11 is 0. The van der Waals surface area contributed by atoms with Crippen LogP contribution in [0.3, 0.4) is 0 Å². The number of hydrogen-bond acceptors (Lipinski definition) is 7. The Morgan fingerprint density at radius 2 is 1.02 bits per heavy atom. The molecule has 0 aromatic rings. The summed E-state index contributed by atoms with van der Waals surface area (Å²) in [5, 5.41) is 16.5. The highest BCUT2D eigenvalue weighted by molar-refractivity contribution is 7.47. The van der Waals surface area contributed by atoms with Crippen LogP contribution in [0.25, 0.3) is 0 Å². The van der Waals surface area contributed by atoms with E-state index in [1.807, 2.05) is 0 Å². The van der Waals surface area contributed by atoms with Crippen LogP contribution in [0.5, 0.6) is 0 Å². The topological polar surface area (TPSA) is 137 Å². The van der Waals surface area contributed by atoms with Crippen LogP contribution in [0, 0.1) is 11.8 Å². The molecule has 0 aromatic carbocycles. The molecule has 0 radical (unpaired) electrons. The van der Waals surface area contributed by atoms with Crippen LogP contribution < -0.4 is 0 Å². The lowest BCUT2D eigenvalue weighted by molar-refractivity contribution is -0.138. The molecule has 2 unspecified atom stereocenters. The zero-order valence-electron chi connectivity index (χ0n) is 34.4. The Bertz CT molecular complexity index is 797. The van der Waals surface area contributed by atoms with Gasteiger partial charge in [0.25, 0.3) is 0 Å². The molecule has 0 fully saturated rings. The van der Waals surface area contributed by atoms with Crippen LogP contribution in [-0.2, 0) is 23.2 Å². The van der Waals surface area contributed by atoms with Gasteiger partial charge < -0.3 is 24.9 Å². The van der Waals surface area contributed by atoms with Gasteiger partial charge >= 0.3 is 19.8 Å². The maximum atomic E-state index is 11.9. The highest BCUT2D eigenvalue weighted by atomic mass is 31.2. The molecule has 3 N–H and O–H groups in total. The number of carboxylic acid groups (broad SMARTS) is 2. The second kappa shape index (κ2) is 39.6. The molecule has 10 nitrogen and oxygen atoms in total. The van der Waals surface area contributed by atoms with Gasteiger partial charge in [-0.1, -0.05) is 145 Å². The van der Waals surface area contributed by atoms with Gasteiger partial charge in [0.15, 0.2) is 0 Å². The Kier molecular flexibility index (Phi) is 41.7. The molecule has 1 aliphatic rings. The average Bonchev–Trinajstić information content (AvgIpc) is 3.52. The van der Waals surface area contributed by atoms with Crippen molar-refractivity contribution in [3.63, 3.8) is 0 Å². The average molecular weight is 751 g/mol. The van der Waals surface area contributed by atoms with E-state index in [9.17, 15) is 19.0 Å². The van der Waals surface area contributed by atoms with Crippen molar-refractivity contribution < 1.29 is 38.3 Å². The number of hydrogen-bond donors (Lipinski definition) is 3. The standard InChI is InChI=1S/C16H35O4P.C8H16N2.2C8H16O2/c1-5-9-11-15(7-3)13-19-21(17,18)20-14-16(8-4)12-10-6-2;1-3-4-5-10-7-6-9(2)8-10;2*1-2-3-4-5-6-7-8(9)10/h15-16H,5-14H2,1-4H3,(H,17,18);6-7H,3-5,8H2,1-2H3;2*2-7H2,1H3,(H,9,10). The summed E-state index contributed by atoms with van der Waals surface area (Å²) in [4.78, 5) is 34.4. The number of rotatable bonds is 29. The molecule has 11 heteroatoms. The second-order valence-electron chi connectivity index (χ2n) is 13.9. The third-order valence-electron chi connectivity index (χ3n) is 8.76. The molecule has 2 atom stereocenters. The number of phosphoric ester groups is 1. The lowest BCUT2D eigenvalue weighted by Crippen LogP contribution is -2.23. The molecule has 51 heavy (non-hydrogen) atoms. The number of carboxylic acids is 2. The van der Waals surface area contributed by atoms with Crippen molar-refractivity contribution in [2.24, 2.45) is 11.8 Å². The van der Waals surface area contributed by atoms with E-state index in [0.29, 0.717) is 37.9 Å². The summed E-state index contributed by atoms with van der Waals surface area (Å²) in [6.07, 6.45) is 27.2. The molecule has 0 saturated carbocycles. The van der Waals surface area contributed by atoms with E-state index in [4.69, 9.17) is 19.3 Å². The molecule has 0 aromatic heterocycles. The highest BCUT2D eigenvalue weighted by Gasteiger charge is 2.24. The van der Waals surface area contributed by atoms with E-state index in [-0.39, 0.29) is 0 Å². The third-order valence-corrected chi connectivity index (χ3v) is 9.71. The van der Waals surface area contributed by atoms with E-state index in [2.05, 4.69) is 77.7 Å². The number of nitrogens with zero attached hydrogens (tertiary/aromatic N) is 2. The quantitative estimate of drug-likeness (QED) is 0.0500. The molecule has 1 heterocycles. The molecule has 0 amide bonds. The summed E-state index contributed by atoms with van der Waals surface area (Å²) in [5.74, 6) is -0.653. The minimum atomic E-state index is -3.89. The van der Waals surface area contributed by atoms with Crippen LogP contribution in [-0.4, -0.2) is 70.3 Å². The lowest BCUT2D eigenvalue weighted by atomic mass is 10.0. The summed E-state index contributed by atoms with van der Waals surface area (Å²) in [6.45, 7) is 17.9. The fourth-order valence-electron chi connectivity index (χ4n) is 5.09. The van der Waals surface area contributed by atoms with Gasteiger partial charge in [-0.2, -0.15) is 0 Å². The fraction of sp³-hybridized carbons (Fsp3) is 0.900. The fourth-order valence-corrected chi connectivity index (χ4v) is 5.96. The van der Waals surface area contributed by atoms with Gasteiger partial charge in [0.05, 0.1) is 19.9 Å². The van der Waals surface area contributed by atoms with Gasteiger partial charge in [-0.3, -0.25) is 18.6 Å². The van der Waals surface area contributed by atoms with Crippen molar-refractivity contribution in [3.05, 3.63) is 12.4 Å². The highest BCUT2D eigenvalue weighted by Crippen LogP contribution is 2.44. The van der Waals surface area contributed by atoms with Crippen molar-refractivity contribution in [2.45, 2.75) is 190 Å². The maximum absolute atomic E-state index is 11.9. The van der Waals surface area contributed by atoms with Crippen molar-refractivity contribution in [1.82, 2.24) is 9.80 Å². The zero-order chi connectivity index (χ0) is 39.2. The first kappa shape index (κ1) is 53.7. The molecule has 0 spiro atoms. The minimum Gasteiger partial charge on any atom is -0.481 e. The van der Waals surface area contributed by atoms with E-state index in [1.54, 1.807) is 0 Å². The molecule has 1 rings (SSSR count). The van der Waals surface area contributed by atoms with Crippen LogP contribution >= 0.6 is 7.82 Å². The molecule has 0 saturated heterocycles. The molecular formula is C40H83N2O8P. The Hall–Kier alpha value is -1.61. The zero-order valence-corrected chi connectivity index (χ0v) is 35.3. The second-order valence-corrected chi connectivity index (χ2v) is 15.3. The normalized spacial score (nSPS) is 14.3. The first-order valence-electron chi connectivity index (χ1n) is 20.5. The van der Waals surface area contributed by atoms with Crippen LogP contribution in [0.4, 0.5) is 0 Å². The number of carbonyl (C=O) groups is 2. The van der Waals surface area contributed by atoms with E-state index in [1.165, 1.54) is 57.9 Å². The largest absolute Gasteiger partial charge is 0.481 e. The Labute approximate surface area is 314 Å². The number of unbranched alkanes of at least 4 members (excludes halogenated alkanes) is 11. The summed E-state index contributed by atoms with van der Waals surface area (Å²) < 4.78 is 22.2. The SMILES string of the molecule is CCCCC(CC)COP(=O)(O)OCC(CC)CCCC.CCCCCCCC(=O)O.CCCCCCCC(=O)O.CCCCN1C=CN(C)C1. The van der Waals surface area contributed by atoms with E-state index < -0.39 is 19.8 Å². The predicted molar refractivity (Wildman–Crippen MR) is 214 cm³/mol. The van der Waals surface area contributed by atoms with Crippen molar-refractivity contribution in [3.8, 4) is 0 Å². The van der Waals surface area contributed by atoms with Gasteiger partial charge in [-0.25, -0.2) is 4.57 Å².